The first-order chi connectivity index (χ1) is 10.3. The zero-order chi connectivity index (χ0) is 14.7. The Kier molecular flexibility index (Phi) is 4.51. The molecule has 1 unspecified atom stereocenters. The third-order valence-electron chi connectivity index (χ3n) is 3.92. The Labute approximate surface area is 133 Å². The Bertz CT molecular complexity index is 617. The van der Waals surface area contributed by atoms with Crippen LogP contribution in [0.25, 0.3) is 11.3 Å². The summed E-state index contributed by atoms with van der Waals surface area (Å²) >= 11 is 3.50. The number of rotatable bonds is 3. The van der Waals surface area contributed by atoms with Crippen molar-refractivity contribution in [2.24, 2.45) is 5.73 Å². The molecule has 0 aliphatic carbocycles. The van der Waals surface area contributed by atoms with Crippen molar-refractivity contribution in [1.82, 2.24) is 9.97 Å². The Morgan fingerprint density at radius 3 is 3.00 bits per heavy atom. The highest BCUT2D eigenvalue weighted by Crippen LogP contribution is 2.25. The molecule has 21 heavy (non-hydrogen) atoms. The second-order valence-corrected chi connectivity index (χ2v) is 6.25. The summed E-state index contributed by atoms with van der Waals surface area (Å²) in [5.74, 6) is 0.794. The van der Waals surface area contributed by atoms with Crippen molar-refractivity contribution in [2.45, 2.75) is 25.3 Å². The maximum Gasteiger partial charge on any atom is 0.226 e. The molecule has 0 radical (unpaired) electrons. The molecular weight excluding hydrogens is 328 g/mol. The van der Waals surface area contributed by atoms with Gasteiger partial charge in [-0.05, 0) is 37.5 Å². The smallest absolute Gasteiger partial charge is 0.226 e. The van der Waals surface area contributed by atoms with Crippen molar-refractivity contribution in [3.63, 3.8) is 0 Å². The first kappa shape index (κ1) is 14.5. The monoisotopic (exact) mass is 346 g/mol. The molecule has 1 aliphatic rings. The molecule has 5 heteroatoms. The average Bonchev–Trinajstić information content (AvgIpc) is 2.55. The minimum absolute atomic E-state index is 0.358. The molecule has 1 saturated heterocycles. The Balaban J connectivity index is 1.92. The molecule has 0 amide bonds. The van der Waals surface area contributed by atoms with Gasteiger partial charge in [0.2, 0.25) is 5.95 Å². The largest absolute Gasteiger partial charge is 0.337 e. The predicted octanol–water partition coefficient (Wildman–Crippen LogP) is 3.22. The molecule has 110 valence electrons. The fourth-order valence-corrected chi connectivity index (χ4v) is 3.20. The number of anilines is 1. The lowest BCUT2D eigenvalue weighted by atomic mass is 10.0. The molecule has 0 saturated carbocycles. The van der Waals surface area contributed by atoms with Gasteiger partial charge in [-0.15, -0.1) is 0 Å². The summed E-state index contributed by atoms with van der Waals surface area (Å²) < 4.78 is 1.05. The average molecular weight is 347 g/mol. The van der Waals surface area contributed by atoms with E-state index in [0.717, 1.165) is 34.6 Å². The molecule has 2 N–H and O–H groups in total. The first-order valence-electron chi connectivity index (χ1n) is 7.33. The summed E-state index contributed by atoms with van der Waals surface area (Å²) in [6, 6.07) is 10.5. The predicted molar refractivity (Wildman–Crippen MR) is 89.2 cm³/mol. The van der Waals surface area contributed by atoms with Crippen LogP contribution in [0.15, 0.2) is 41.0 Å². The number of nitrogens with zero attached hydrogens (tertiary/aromatic N) is 3. The van der Waals surface area contributed by atoms with Crippen molar-refractivity contribution >= 4 is 21.9 Å². The van der Waals surface area contributed by atoms with Crippen molar-refractivity contribution < 1.29 is 0 Å². The maximum absolute atomic E-state index is 5.90. The van der Waals surface area contributed by atoms with E-state index in [1.54, 1.807) is 0 Å². The van der Waals surface area contributed by atoms with Gasteiger partial charge in [-0.2, -0.15) is 0 Å². The number of halogens is 1. The van der Waals surface area contributed by atoms with Crippen molar-refractivity contribution in [3.8, 4) is 11.3 Å². The molecule has 1 aliphatic heterocycles. The number of aromatic nitrogens is 2. The summed E-state index contributed by atoms with van der Waals surface area (Å²) in [6.45, 7) is 1.65. The number of hydrogen-bond donors (Lipinski definition) is 1. The van der Waals surface area contributed by atoms with Gasteiger partial charge in [0.05, 0.1) is 5.69 Å². The molecule has 2 heterocycles. The highest BCUT2D eigenvalue weighted by atomic mass is 79.9. The lowest BCUT2D eigenvalue weighted by molar-refractivity contribution is 0.458. The van der Waals surface area contributed by atoms with E-state index in [0.29, 0.717) is 12.6 Å². The van der Waals surface area contributed by atoms with E-state index < -0.39 is 0 Å². The highest BCUT2D eigenvalue weighted by molar-refractivity contribution is 9.10. The third-order valence-corrected chi connectivity index (χ3v) is 4.41. The van der Waals surface area contributed by atoms with Crippen molar-refractivity contribution in [2.75, 3.05) is 18.0 Å². The Hall–Kier alpha value is -1.46. The van der Waals surface area contributed by atoms with E-state index in [2.05, 4.69) is 37.9 Å². The number of hydrogen-bond acceptors (Lipinski definition) is 4. The van der Waals surface area contributed by atoms with Crippen LogP contribution >= 0.6 is 15.9 Å². The van der Waals surface area contributed by atoms with Crippen LogP contribution in [0.2, 0.25) is 0 Å². The summed E-state index contributed by atoms with van der Waals surface area (Å²) in [4.78, 5) is 11.5. The van der Waals surface area contributed by atoms with Crippen LogP contribution in [0.5, 0.6) is 0 Å². The van der Waals surface area contributed by atoms with Gasteiger partial charge in [0.15, 0.2) is 0 Å². The van der Waals surface area contributed by atoms with Crippen molar-refractivity contribution in [1.29, 1.82) is 0 Å². The minimum atomic E-state index is 0.358. The third kappa shape index (κ3) is 3.24. The molecule has 3 rings (SSSR count). The van der Waals surface area contributed by atoms with E-state index in [1.807, 2.05) is 24.4 Å². The SMILES string of the molecule is NCC1CCCCN1c1nccc(-c2cccc(Br)c2)n1. The van der Waals surface area contributed by atoms with Gasteiger partial charge in [-0.25, -0.2) is 9.97 Å². The summed E-state index contributed by atoms with van der Waals surface area (Å²) in [6.07, 6.45) is 5.38. The summed E-state index contributed by atoms with van der Waals surface area (Å²) in [5.41, 5.74) is 7.94. The lowest BCUT2D eigenvalue weighted by Crippen LogP contribution is -2.45. The molecule has 4 nitrogen and oxygen atoms in total. The van der Waals surface area contributed by atoms with E-state index in [-0.39, 0.29) is 0 Å². The van der Waals surface area contributed by atoms with Crippen LogP contribution in [-0.4, -0.2) is 29.1 Å². The van der Waals surface area contributed by atoms with Crippen LogP contribution in [0.4, 0.5) is 5.95 Å². The van der Waals surface area contributed by atoms with E-state index in [4.69, 9.17) is 10.7 Å². The Morgan fingerprint density at radius 1 is 1.29 bits per heavy atom. The highest BCUT2D eigenvalue weighted by Gasteiger charge is 2.23. The van der Waals surface area contributed by atoms with Crippen LogP contribution in [-0.2, 0) is 0 Å². The molecule has 1 atom stereocenters. The van der Waals surface area contributed by atoms with Gasteiger partial charge in [0, 0.05) is 35.4 Å². The van der Waals surface area contributed by atoms with Gasteiger partial charge in [0.25, 0.3) is 0 Å². The zero-order valence-electron chi connectivity index (χ0n) is 11.9. The molecule has 1 aromatic heterocycles. The quantitative estimate of drug-likeness (QED) is 0.926. The number of piperidine rings is 1. The fourth-order valence-electron chi connectivity index (χ4n) is 2.80. The number of nitrogens with two attached hydrogens (primary N) is 1. The Morgan fingerprint density at radius 2 is 2.19 bits per heavy atom. The van der Waals surface area contributed by atoms with Crippen molar-refractivity contribution in [3.05, 3.63) is 41.0 Å². The molecule has 1 fully saturated rings. The van der Waals surface area contributed by atoms with Crippen LogP contribution in [0.1, 0.15) is 19.3 Å². The topological polar surface area (TPSA) is 55.0 Å². The van der Waals surface area contributed by atoms with E-state index in [9.17, 15) is 0 Å². The fraction of sp³-hybridized carbons (Fsp3) is 0.375. The molecule has 1 aromatic carbocycles. The summed E-state index contributed by atoms with van der Waals surface area (Å²) in [7, 11) is 0. The lowest BCUT2D eigenvalue weighted by Gasteiger charge is -2.35. The molecular formula is C16H19BrN4. The van der Waals surface area contributed by atoms with Gasteiger partial charge in [0.1, 0.15) is 0 Å². The number of benzene rings is 1. The van der Waals surface area contributed by atoms with Crippen LogP contribution < -0.4 is 10.6 Å². The second kappa shape index (κ2) is 6.54. The van der Waals surface area contributed by atoms with Gasteiger partial charge in [-0.1, -0.05) is 28.1 Å². The van der Waals surface area contributed by atoms with E-state index in [1.165, 1.54) is 12.8 Å². The zero-order valence-corrected chi connectivity index (χ0v) is 13.5. The summed E-state index contributed by atoms with van der Waals surface area (Å²) in [5, 5.41) is 0. The van der Waals surface area contributed by atoms with Crippen LogP contribution in [0.3, 0.4) is 0 Å². The first-order valence-corrected chi connectivity index (χ1v) is 8.13. The van der Waals surface area contributed by atoms with Crippen LogP contribution in [0, 0.1) is 0 Å². The minimum Gasteiger partial charge on any atom is -0.337 e. The van der Waals surface area contributed by atoms with Gasteiger partial charge < -0.3 is 10.6 Å². The standard InChI is InChI=1S/C16H19BrN4/c17-13-5-3-4-12(10-13)15-7-8-19-16(20-15)21-9-2-1-6-14(21)11-18/h3-5,7-8,10,14H,1-2,6,9,11,18H2. The van der Waals surface area contributed by atoms with Gasteiger partial charge in [-0.3, -0.25) is 0 Å². The maximum atomic E-state index is 5.90. The molecule has 0 bridgehead atoms. The molecule has 0 spiro atoms. The second-order valence-electron chi connectivity index (χ2n) is 5.33. The molecule has 2 aromatic rings. The normalized spacial score (nSPS) is 18.8. The van der Waals surface area contributed by atoms with Gasteiger partial charge >= 0.3 is 0 Å². The van der Waals surface area contributed by atoms with E-state index >= 15 is 0 Å².